The van der Waals surface area contributed by atoms with Crippen molar-refractivity contribution >= 4 is 27.8 Å². The molecule has 0 spiro atoms. The molecule has 2 rings (SSSR count). The van der Waals surface area contributed by atoms with E-state index in [-0.39, 0.29) is 17.9 Å². The van der Waals surface area contributed by atoms with Crippen LogP contribution in [0.1, 0.15) is 36.0 Å². The van der Waals surface area contributed by atoms with Crippen LogP contribution in [0.25, 0.3) is 0 Å². The summed E-state index contributed by atoms with van der Waals surface area (Å²) in [6.45, 7) is 0. The number of carboxylic acid groups (broad SMARTS) is 1. The average molecular weight is 356 g/mol. The van der Waals surface area contributed by atoms with Crippen molar-refractivity contribution in [3.63, 3.8) is 0 Å². The van der Waals surface area contributed by atoms with Crippen LogP contribution in [0.5, 0.6) is 5.75 Å². The number of aliphatic carboxylic acids is 1. The highest BCUT2D eigenvalue weighted by Gasteiger charge is 2.28. The molecule has 2 atom stereocenters. The van der Waals surface area contributed by atoms with Crippen LogP contribution in [-0.2, 0) is 4.79 Å². The summed E-state index contributed by atoms with van der Waals surface area (Å²) in [7, 11) is 1.55. The van der Waals surface area contributed by atoms with Gasteiger partial charge in [-0.15, -0.1) is 0 Å². The Kier molecular flexibility index (Phi) is 5.22. The van der Waals surface area contributed by atoms with E-state index in [0.717, 1.165) is 12.8 Å². The maximum Gasteiger partial charge on any atom is 0.306 e. The van der Waals surface area contributed by atoms with E-state index in [4.69, 9.17) is 9.84 Å². The van der Waals surface area contributed by atoms with Gasteiger partial charge in [-0.25, -0.2) is 0 Å². The molecule has 1 aliphatic rings. The van der Waals surface area contributed by atoms with Gasteiger partial charge in [-0.2, -0.15) is 0 Å². The first-order chi connectivity index (χ1) is 10.0. The number of carbonyl (C=O) groups excluding carboxylic acids is 1. The molecule has 5 nitrogen and oxygen atoms in total. The minimum absolute atomic E-state index is 0.0922. The van der Waals surface area contributed by atoms with E-state index in [0.29, 0.717) is 28.6 Å². The van der Waals surface area contributed by atoms with Crippen LogP contribution in [0.2, 0.25) is 0 Å². The second-order valence-electron chi connectivity index (χ2n) is 5.22. The number of carboxylic acids is 1. The zero-order valence-corrected chi connectivity index (χ0v) is 13.4. The lowest BCUT2D eigenvalue weighted by molar-refractivity contribution is -0.143. The second kappa shape index (κ2) is 6.93. The molecule has 0 aromatic heterocycles. The number of halogens is 1. The third-order valence-corrected chi connectivity index (χ3v) is 4.47. The predicted molar refractivity (Wildman–Crippen MR) is 81.5 cm³/mol. The van der Waals surface area contributed by atoms with Gasteiger partial charge in [0.1, 0.15) is 5.75 Å². The fourth-order valence-electron chi connectivity index (χ4n) is 2.61. The third-order valence-electron chi connectivity index (χ3n) is 3.78. The highest BCUT2D eigenvalue weighted by molar-refractivity contribution is 9.10. The van der Waals surface area contributed by atoms with E-state index >= 15 is 0 Å². The number of carbonyl (C=O) groups is 2. The summed E-state index contributed by atoms with van der Waals surface area (Å²) >= 11 is 3.35. The summed E-state index contributed by atoms with van der Waals surface area (Å²) in [6.07, 6.45) is 2.81. The molecule has 1 saturated carbocycles. The van der Waals surface area contributed by atoms with Gasteiger partial charge in [-0.3, -0.25) is 9.59 Å². The van der Waals surface area contributed by atoms with Gasteiger partial charge < -0.3 is 15.2 Å². The Morgan fingerprint density at radius 1 is 1.38 bits per heavy atom. The second-order valence-corrected chi connectivity index (χ2v) is 6.07. The van der Waals surface area contributed by atoms with Gasteiger partial charge in [0.05, 0.1) is 18.6 Å². The van der Waals surface area contributed by atoms with Crippen LogP contribution in [0.4, 0.5) is 0 Å². The van der Waals surface area contributed by atoms with Gasteiger partial charge in [0, 0.05) is 10.5 Å². The van der Waals surface area contributed by atoms with Gasteiger partial charge in [-0.05, 0) is 53.4 Å². The Labute approximate surface area is 131 Å². The van der Waals surface area contributed by atoms with Crippen molar-refractivity contribution in [3.8, 4) is 5.75 Å². The molecular weight excluding hydrogens is 338 g/mol. The number of hydrogen-bond donors (Lipinski definition) is 2. The Morgan fingerprint density at radius 3 is 2.81 bits per heavy atom. The Morgan fingerprint density at radius 2 is 2.14 bits per heavy atom. The lowest BCUT2D eigenvalue weighted by Gasteiger charge is -2.27. The van der Waals surface area contributed by atoms with Crippen LogP contribution in [0.3, 0.4) is 0 Å². The predicted octanol–water partition coefficient (Wildman–Crippen LogP) is 2.83. The minimum atomic E-state index is -0.781. The first kappa shape index (κ1) is 15.8. The number of hydrogen-bond acceptors (Lipinski definition) is 3. The molecule has 21 heavy (non-hydrogen) atoms. The standard InChI is InChI=1S/C15H18BrNO4/c1-21-11-5-6-13(16)12(8-11)14(18)17-10-4-2-3-9(7-10)15(19)20/h5-6,8-10H,2-4,7H2,1H3,(H,17,18)(H,19,20). The first-order valence-corrected chi connectivity index (χ1v) is 7.67. The van der Waals surface area contributed by atoms with Crippen molar-refractivity contribution in [2.45, 2.75) is 31.7 Å². The van der Waals surface area contributed by atoms with Crippen LogP contribution in [0, 0.1) is 5.92 Å². The van der Waals surface area contributed by atoms with E-state index in [1.165, 1.54) is 0 Å². The molecular formula is C15H18BrNO4. The topological polar surface area (TPSA) is 75.6 Å². The molecule has 1 aromatic carbocycles. The molecule has 0 radical (unpaired) electrons. The van der Waals surface area contributed by atoms with Gasteiger partial charge in [0.2, 0.25) is 0 Å². The van der Waals surface area contributed by atoms with Crippen molar-refractivity contribution in [3.05, 3.63) is 28.2 Å². The molecule has 1 fully saturated rings. The van der Waals surface area contributed by atoms with Gasteiger partial charge in [0.25, 0.3) is 5.91 Å². The zero-order valence-electron chi connectivity index (χ0n) is 11.8. The third kappa shape index (κ3) is 3.97. The Hall–Kier alpha value is -1.56. The first-order valence-electron chi connectivity index (χ1n) is 6.88. The molecule has 2 N–H and O–H groups in total. The lowest BCUT2D eigenvalue weighted by Crippen LogP contribution is -2.40. The fraction of sp³-hybridized carbons (Fsp3) is 0.467. The van der Waals surface area contributed by atoms with Gasteiger partial charge >= 0.3 is 5.97 Å². The summed E-state index contributed by atoms with van der Waals surface area (Å²) < 4.78 is 5.81. The molecule has 1 aromatic rings. The minimum Gasteiger partial charge on any atom is -0.497 e. The molecule has 0 heterocycles. The van der Waals surface area contributed by atoms with E-state index in [2.05, 4.69) is 21.2 Å². The summed E-state index contributed by atoms with van der Waals surface area (Å²) in [5, 5.41) is 12.0. The maximum atomic E-state index is 12.3. The molecule has 6 heteroatoms. The maximum absolute atomic E-state index is 12.3. The molecule has 1 aliphatic carbocycles. The van der Waals surface area contributed by atoms with Crippen molar-refractivity contribution in [2.24, 2.45) is 5.92 Å². The monoisotopic (exact) mass is 355 g/mol. The molecule has 0 aliphatic heterocycles. The number of rotatable bonds is 4. The SMILES string of the molecule is COc1ccc(Br)c(C(=O)NC2CCCC(C(=O)O)C2)c1. The summed E-state index contributed by atoms with van der Waals surface area (Å²) in [4.78, 5) is 23.4. The fourth-order valence-corrected chi connectivity index (χ4v) is 3.04. The van der Waals surface area contributed by atoms with E-state index in [1.807, 2.05) is 0 Å². The largest absolute Gasteiger partial charge is 0.497 e. The van der Waals surface area contributed by atoms with Gasteiger partial charge in [0.15, 0.2) is 0 Å². The number of amides is 1. The normalized spacial score (nSPS) is 21.6. The van der Waals surface area contributed by atoms with Gasteiger partial charge in [-0.1, -0.05) is 6.42 Å². The summed E-state index contributed by atoms with van der Waals surface area (Å²) in [6, 6.07) is 5.10. The molecule has 2 unspecified atom stereocenters. The highest BCUT2D eigenvalue weighted by Crippen LogP contribution is 2.26. The quantitative estimate of drug-likeness (QED) is 0.870. The molecule has 0 saturated heterocycles. The Bertz CT molecular complexity index is 546. The number of nitrogens with one attached hydrogen (secondary N) is 1. The summed E-state index contributed by atoms with van der Waals surface area (Å²) in [5.74, 6) is -0.749. The van der Waals surface area contributed by atoms with Crippen LogP contribution < -0.4 is 10.1 Å². The van der Waals surface area contributed by atoms with Crippen molar-refractivity contribution in [2.75, 3.05) is 7.11 Å². The van der Waals surface area contributed by atoms with Crippen LogP contribution in [-0.4, -0.2) is 30.1 Å². The van der Waals surface area contributed by atoms with E-state index in [9.17, 15) is 9.59 Å². The van der Waals surface area contributed by atoms with E-state index in [1.54, 1.807) is 25.3 Å². The average Bonchev–Trinajstić information content (AvgIpc) is 2.48. The van der Waals surface area contributed by atoms with Crippen molar-refractivity contribution in [1.29, 1.82) is 0 Å². The molecule has 0 bridgehead atoms. The molecule has 114 valence electrons. The zero-order chi connectivity index (χ0) is 15.4. The van der Waals surface area contributed by atoms with Crippen molar-refractivity contribution < 1.29 is 19.4 Å². The van der Waals surface area contributed by atoms with Crippen molar-refractivity contribution in [1.82, 2.24) is 5.32 Å². The Balaban J connectivity index is 2.05. The van der Waals surface area contributed by atoms with Crippen LogP contribution in [0.15, 0.2) is 22.7 Å². The number of benzene rings is 1. The summed E-state index contributed by atoms with van der Waals surface area (Å²) in [5.41, 5.74) is 0.492. The van der Waals surface area contributed by atoms with Crippen LogP contribution >= 0.6 is 15.9 Å². The highest BCUT2D eigenvalue weighted by atomic mass is 79.9. The number of ether oxygens (including phenoxy) is 1. The number of methoxy groups -OCH3 is 1. The lowest BCUT2D eigenvalue weighted by atomic mass is 9.85. The molecule has 1 amide bonds. The smallest absolute Gasteiger partial charge is 0.306 e. The van der Waals surface area contributed by atoms with E-state index < -0.39 is 5.97 Å².